The lowest BCUT2D eigenvalue weighted by molar-refractivity contribution is -0.191. The molecule has 0 saturated heterocycles. The number of fused-ring (bicyclic) bond motifs is 1. The number of carbonyl (C=O) groups is 3. The van der Waals surface area contributed by atoms with Crippen LogP contribution in [0.3, 0.4) is 0 Å². The van der Waals surface area contributed by atoms with Gasteiger partial charge in [-0.25, -0.2) is 9.48 Å². The van der Waals surface area contributed by atoms with Crippen molar-refractivity contribution in [2.45, 2.75) is 80.2 Å². The van der Waals surface area contributed by atoms with Gasteiger partial charge in [-0.05, 0) is 60.9 Å². The Balaban J connectivity index is 0.00000192. The summed E-state index contributed by atoms with van der Waals surface area (Å²) in [7, 11) is 0. The lowest BCUT2D eigenvalue weighted by Crippen LogP contribution is -2.36. The Morgan fingerprint density at radius 2 is 1.62 bits per heavy atom. The van der Waals surface area contributed by atoms with E-state index in [1.807, 2.05) is 36.1 Å². The summed E-state index contributed by atoms with van der Waals surface area (Å²) >= 11 is 0. The first kappa shape index (κ1) is 36.6. The molecule has 2 aromatic carbocycles. The molecule has 10 nitrogen and oxygen atoms in total. The van der Waals surface area contributed by atoms with Crippen molar-refractivity contribution in [2.24, 2.45) is 5.41 Å². The number of hydrogen-bond acceptors (Lipinski definition) is 6. The van der Waals surface area contributed by atoms with Crippen LogP contribution < -0.4 is 0 Å². The van der Waals surface area contributed by atoms with Crippen molar-refractivity contribution in [3.63, 3.8) is 0 Å². The van der Waals surface area contributed by atoms with Crippen molar-refractivity contribution in [2.75, 3.05) is 19.6 Å². The third kappa shape index (κ3) is 9.36. The standard InChI is InChI=1S/C36H46N4O4.CO2/c1-7-9-20-38(21-10-8-2)34(42)32-29(17-19-36(4,5)6)25(3)40(37-32)31-16-15-27(35(43)44)23-30(31)33(41)39-22-18-26-13-11-12-14-28(26)24-39;2-1-3/h11-17,19,23H,7-10,18,20-22,24H2,1-6H3,(H,43,44);/b19-17+;. The zero-order chi connectivity index (χ0) is 34.7. The Morgan fingerprint density at radius 3 is 2.19 bits per heavy atom. The van der Waals surface area contributed by atoms with E-state index in [1.165, 1.54) is 17.7 Å². The molecule has 4 rings (SSSR count). The Bertz CT molecular complexity index is 1630. The average Bonchev–Trinajstić information content (AvgIpc) is 3.38. The van der Waals surface area contributed by atoms with Gasteiger partial charge in [0.15, 0.2) is 5.69 Å². The smallest absolute Gasteiger partial charge is 0.373 e. The van der Waals surface area contributed by atoms with Crippen LogP contribution in [-0.4, -0.2) is 68.3 Å². The van der Waals surface area contributed by atoms with Crippen molar-refractivity contribution in [3.8, 4) is 5.69 Å². The molecule has 0 radical (unpaired) electrons. The summed E-state index contributed by atoms with van der Waals surface area (Å²) in [5.74, 6) is -1.51. The number of unbranched alkanes of at least 4 members (excludes halogenated alkanes) is 2. The Morgan fingerprint density at radius 1 is 1.00 bits per heavy atom. The van der Waals surface area contributed by atoms with Crippen LogP contribution in [0, 0.1) is 12.3 Å². The molecular weight excluding hydrogens is 596 g/mol. The summed E-state index contributed by atoms with van der Waals surface area (Å²) < 4.78 is 1.64. The Labute approximate surface area is 277 Å². The van der Waals surface area contributed by atoms with Crippen LogP contribution in [0.5, 0.6) is 0 Å². The van der Waals surface area contributed by atoms with Crippen LogP contribution >= 0.6 is 0 Å². The molecule has 0 fully saturated rings. The van der Waals surface area contributed by atoms with Crippen LogP contribution in [0.1, 0.15) is 114 Å². The van der Waals surface area contributed by atoms with Gasteiger partial charge in [-0.2, -0.15) is 14.7 Å². The molecule has 1 N–H and O–H groups in total. The van der Waals surface area contributed by atoms with E-state index in [0.29, 0.717) is 48.8 Å². The molecule has 0 saturated carbocycles. The van der Waals surface area contributed by atoms with Crippen LogP contribution in [0.4, 0.5) is 0 Å². The maximum Gasteiger partial charge on any atom is 0.373 e. The van der Waals surface area contributed by atoms with E-state index in [-0.39, 0.29) is 34.5 Å². The predicted octanol–water partition coefficient (Wildman–Crippen LogP) is 6.60. The average molecular weight is 643 g/mol. The van der Waals surface area contributed by atoms with Crippen molar-refractivity contribution < 1.29 is 29.1 Å². The van der Waals surface area contributed by atoms with Gasteiger partial charge in [0.1, 0.15) is 0 Å². The first-order chi connectivity index (χ1) is 22.4. The van der Waals surface area contributed by atoms with Gasteiger partial charge in [-0.1, -0.05) is 83.9 Å². The minimum Gasteiger partial charge on any atom is -0.478 e. The number of carboxylic acid groups (broad SMARTS) is 1. The van der Waals surface area contributed by atoms with Crippen LogP contribution in [0.25, 0.3) is 11.8 Å². The molecule has 2 amide bonds. The molecule has 2 heterocycles. The molecule has 1 aliphatic heterocycles. The fourth-order valence-electron chi connectivity index (χ4n) is 5.47. The molecule has 10 heteroatoms. The van der Waals surface area contributed by atoms with E-state index < -0.39 is 5.97 Å². The third-order valence-corrected chi connectivity index (χ3v) is 8.09. The highest BCUT2D eigenvalue weighted by molar-refractivity contribution is 6.01. The van der Waals surface area contributed by atoms with E-state index in [2.05, 4.69) is 46.8 Å². The number of carboxylic acids is 1. The van der Waals surface area contributed by atoms with Gasteiger partial charge in [0.05, 0.1) is 16.8 Å². The molecule has 0 unspecified atom stereocenters. The minimum absolute atomic E-state index is 0.0220. The van der Waals surface area contributed by atoms with Gasteiger partial charge in [0, 0.05) is 37.4 Å². The van der Waals surface area contributed by atoms with E-state index >= 15 is 0 Å². The van der Waals surface area contributed by atoms with Gasteiger partial charge in [-0.3, -0.25) is 9.59 Å². The molecule has 3 aromatic rings. The van der Waals surface area contributed by atoms with Crippen LogP contribution in [0.2, 0.25) is 0 Å². The van der Waals surface area contributed by atoms with Crippen LogP contribution in [0.15, 0.2) is 48.5 Å². The zero-order valence-corrected chi connectivity index (χ0v) is 28.3. The summed E-state index contributed by atoms with van der Waals surface area (Å²) in [5.41, 5.74) is 4.64. The van der Waals surface area contributed by atoms with Crippen molar-refractivity contribution in [1.82, 2.24) is 19.6 Å². The summed E-state index contributed by atoms with van der Waals surface area (Å²) in [6.45, 7) is 14.7. The highest BCUT2D eigenvalue weighted by atomic mass is 16.4. The van der Waals surface area contributed by atoms with E-state index in [1.54, 1.807) is 15.6 Å². The highest BCUT2D eigenvalue weighted by Gasteiger charge is 2.29. The fourth-order valence-corrected chi connectivity index (χ4v) is 5.47. The quantitative estimate of drug-likeness (QED) is 0.250. The molecule has 0 aliphatic carbocycles. The maximum absolute atomic E-state index is 14.1. The number of rotatable bonds is 11. The highest BCUT2D eigenvalue weighted by Crippen LogP contribution is 2.29. The Hall–Kier alpha value is -4.82. The summed E-state index contributed by atoms with van der Waals surface area (Å²) in [4.78, 5) is 60.1. The second-order valence-electron chi connectivity index (χ2n) is 12.8. The lowest BCUT2D eigenvalue weighted by Gasteiger charge is -2.29. The molecule has 250 valence electrons. The van der Waals surface area contributed by atoms with E-state index in [9.17, 15) is 19.5 Å². The molecule has 0 atom stereocenters. The molecule has 0 bridgehead atoms. The SMILES string of the molecule is CCCCN(CCCC)C(=O)c1nn(-c2ccc(C(=O)O)cc2C(=O)N2CCc3ccccc3C2)c(C)c1/C=C/C(C)(C)C.O=C=O. The van der Waals surface area contributed by atoms with Crippen molar-refractivity contribution >= 4 is 30.0 Å². The summed E-state index contributed by atoms with van der Waals surface area (Å²) in [6, 6.07) is 12.6. The predicted molar refractivity (Wildman–Crippen MR) is 179 cm³/mol. The molecule has 47 heavy (non-hydrogen) atoms. The van der Waals surface area contributed by atoms with E-state index in [4.69, 9.17) is 14.7 Å². The summed E-state index contributed by atoms with van der Waals surface area (Å²) in [5, 5.41) is 14.7. The number of nitrogens with zero attached hydrogens (tertiary/aromatic N) is 4. The molecule has 1 aromatic heterocycles. The van der Waals surface area contributed by atoms with Crippen molar-refractivity contribution in [1.29, 1.82) is 0 Å². The second kappa shape index (κ2) is 16.7. The first-order valence-corrected chi connectivity index (χ1v) is 16.2. The maximum atomic E-state index is 14.1. The number of carbonyl (C=O) groups excluding carboxylic acids is 4. The van der Waals surface area contributed by atoms with Gasteiger partial charge < -0.3 is 14.9 Å². The van der Waals surface area contributed by atoms with Crippen molar-refractivity contribution in [3.05, 3.63) is 87.7 Å². The minimum atomic E-state index is -1.11. The number of allylic oxidation sites excluding steroid dienone is 1. The fraction of sp³-hybridized carbons (Fsp3) is 0.432. The van der Waals surface area contributed by atoms with Crippen LogP contribution in [-0.2, 0) is 22.6 Å². The zero-order valence-electron chi connectivity index (χ0n) is 28.3. The van der Waals surface area contributed by atoms with Gasteiger partial charge in [0.25, 0.3) is 11.8 Å². The molecule has 0 spiro atoms. The normalized spacial score (nSPS) is 12.6. The van der Waals surface area contributed by atoms with Gasteiger partial charge >= 0.3 is 12.1 Å². The number of amides is 2. The third-order valence-electron chi connectivity index (χ3n) is 8.09. The number of hydrogen-bond donors (Lipinski definition) is 1. The number of aromatic carboxylic acids is 1. The number of benzene rings is 2. The second-order valence-corrected chi connectivity index (χ2v) is 12.8. The lowest BCUT2D eigenvalue weighted by atomic mass is 9.95. The Kier molecular flexibility index (Phi) is 13.0. The molecule has 1 aliphatic rings. The van der Waals surface area contributed by atoms with E-state index in [0.717, 1.165) is 37.7 Å². The monoisotopic (exact) mass is 642 g/mol. The first-order valence-electron chi connectivity index (χ1n) is 16.2. The summed E-state index contributed by atoms with van der Waals surface area (Å²) in [6.07, 6.45) is 8.74. The topological polar surface area (TPSA) is 130 Å². The van der Waals surface area contributed by atoms with Gasteiger partial charge in [-0.15, -0.1) is 0 Å². The molecular formula is C37H46N4O6. The van der Waals surface area contributed by atoms with Gasteiger partial charge in [0.2, 0.25) is 0 Å². The largest absolute Gasteiger partial charge is 0.478 e. The number of aromatic nitrogens is 2.